The Morgan fingerprint density at radius 3 is 2.38 bits per heavy atom. The van der Waals surface area contributed by atoms with Crippen LogP contribution in [-0.4, -0.2) is 9.96 Å². The van der Waals surface area contributed by atoms with Crippen molar-refractivity contribution >= 4 is 22.4 Å². The van der Waals surface area contributed by atoms with Crippen LogP contribution in [0.15, 0.2) is 42.5 Å². The molecular weight excluding hydrogens is 302 g/mol. The maximum atomic E-state index is 12.2. The van der Waals surface area contributed by atoms with Crippen LogP contribution < -0.4 is 5.73 Å². The fourth-order valence-electron chi connectivity index (χ4n) is 2.12. The van der Waals surface area contributed by atoms with Gasteiger partial charge in [-0.15, -0.1) is 0 Å². The molecule has 0 aliphatic rings. The number of hydrogen-bond donors (Lipinski definition) is 1. The third-order valence-corrected chi connectivity index (χ3v) is 5.20. The summed E-state index contributed by atoms with van der Waals surface area (Å²) < 4.78 is 12.2. The first-order valence-electron chi connectivity index (χ1n) is 6.88. The van der Waals surface area contributed by atoms with Gasteiger partial charge in [0.05, 0.1) is 0 Å². The van der Waals surface area contributed by atoms with Crippen molar-refractivity contribution in [3.63, 3.8) is 0 Å². The Hall–Kier alpha value is -1.16. The minimum absolute atomic E-state index is 0.197. The summed E-state index contributed by atoms with van der Waals surface area (Å²) in [5.74, 6) is 0.973. The lowest BCUT2D eigenvalue weighted by molar-refractivity contribution is 0.674. The molecule has 0 saturated heterocycles. The molecule has 0 saturated carbocycles. The fourth-order valence-corrected chi connectivity index (χ4v) is 3.52. The third-order valence-electron chi connectivity index (χ3n) is 3.57. The SMILES string of the molecule is Cc1ccc(C(N)CS(=O)Cc2ccc(Cl)cc2)cc1C. The molecule has 0 radical (unpaired) electrons. The molecule has 0 aliphatic heterocycles. The molecule has 0 aliphatic carbocycles. The van der Waals surface area contributed by atoms with Crippen LogP contribution >= 0.6 is 11.6 Å². The average Bonchev–Trinajstić information content (AvgIpc) is 2.44. The molecule has 21 heavy (non-hydrogen) atoms. The predicted molar refractivity (Wildman–Crippen MR) is 91.0 cm³/mol. The van der Waals surface area contributed by atoms with Gasteiger partial charge < -0.3 is 5.73 Å². The van der Waals surface area contributed by atoms with Crippen LogP contribution in [0.5, 0.6) is 0 Å². The van der Waals surface area contributed by atoms with E-state index in [1.54, 1.807) is 0 Å². The van der Waals surface area contributed by atoms with E-state index in [0.29, 0.717) is 16.5 Å². The van der Waals surface area contributed by atoms with Gasteiger partial charge in [-0.25, -0.2) is 0 Å². The van der Waals surface area contributed by atoms with Crippen molar-refractivity contribution in [1.29, 1.82) is 0 Å². The van der Waals surface area contributed by atoms with Crippen molar-refractivity contribution in [2.45, 2.75) is 25.6 Å². The van der Waals surface area contributed by atoms with Gasteiger partial charge in [-0.1, -0.05) is 41.9 Å². The van der Waals surface area contributed by atoms with E-state index in [1.165, 1.54) is 11.1 Å². The Kier molecular flexibility index (Phi) is 5.57. The smallest absolute Gasteiger partial charge is 0.0486 e. The maximum absolute atomic E-state index is 12.2. The molecule has 0 bridgehead atoms. The minimum Gasteiger partial charge on any atom is -0.323 e. The fraction of sp³-hybridized carbons (Fsp3) is 0.294. The lowest BCUT2D eigenvalue weighted by Crippen LogP contribution is -2.19. The Morgan fingerprint density at radius 1 is 1.10 bits per heavy atom. The molecular formula is C17H20ClNOS. The number of aryl methyl sites for hydroxylation is 2. The highest BCUT2D eigenvalue weighted by molar-refractivity contribution is 7.84. The molecule has 2 aromatic rings. The van der Waals surface area contributed by atoms with E-state index in [9.17, 15) is 4.21 Å². The van der Waals surface area contributed by atoms with E-state index in [1.807, 2.05) is 30.3 Å². The molecule has 4 heteroatoms. The number of benzene rings is 2. The van der Waals surface area contributed by atoms with E-state index in [-0.39, 0.29) is 6.04 Å². The lowest BCUT2D eigenvalue weighted by Gasteiger charge is -2.13. The highest BCUT2D eigenvalue weighted by Crippen LogP contribution is 2.18. The highest BCUT2D eigenvalue weighted by atomic mass is 35.5. The third kappa shape index (κ3) is 4.67. The van der Waals surface area contributed by atoms with Crippen molar-refractivity contribution in [3.8, 4) is 0 Å². The molecule has 2 unspecified atom stereocenters. The van der Waals surface area contributed by atoms with Gasteiger partial charge in [0.25, 0.3) is 0 Å². The number of hydrogen-bond acceptors (Lipinski definition) is 2. The van der Waals surface area contributed by atoms with Gasteiger partial charge in [0.15, 0.2) is 0 Å². The quantitative estimate of drug-likeness (QED) is 0.907. The van der Waals surface area contributed by atoms with Crippen LogP contribution in [0, 0.1) is 13.8 Å². The standard InChI is InChI=1S/C17H20ClNOS/c1-12-3-6-15(9-13(12)2)17(19)11-21(20)10-14-4-7-16(18)8-5-14/h3-9,17H,10-11,19H2,1-2H3. The van der Waals surface area contributed by atoms with Gasteiger partial charge in [-0.05, 0) is 48.2 Å². The summed E-state index contributed by atoms with van der Waals surface area (Å²) in [6.07, 6.45) is 0. The second-order valence-electron chi connectivity index (χ2n) is 5.33. The molecule has 0 fully saturated rings. The van der Waals surface area contributed by atoms with Crippen LogP contribution in [0.2, 0.25) is 5.02 Å². The molecule has 0 heterocycles. The maximum Gasteiger partial charge on any atom is 0.0486 e. The van der Waals surface area contributed by atoms with Crippen LogP contribution in [0.25, 0.3) is 0 Å². The van der Waals surface area contributed by atoms with Crippen LogP contribution in [-0.2, 0) is 16.6 Å². The summed E-state index contributed by atoms with van der Waals surface area (Å²) >= 11 is 5.84. The van der Waals surface area contributed by atoms with E-state index >= 15 is 0 Å². The molecule has 2 nitrogen and oxygen atoms in total. The lowest BCUT2D eigenvalue weighted by atomic mass is 10.0. The zero-order valence-corrected chi connectivity index (χ0v) is 13.9. The first kappa shape index (κ1) is 16.2. The minimum atomic E-state index is -0.988. The highest BCUT2D eigenvalue weighted by Gasteiger charge is 2.12. The van der Waals surface area contributed by atoms with E-state index < -0.39 is 10.8 Å². The van der Waals surface area contributed by atoms with Crippen LogP contribution in [0.3, 0.4) is 0 Å². The van der Waals surface area contributed by atoms with E-state index in [4.69, 9.17) is 17.3 Å². The number of nitrogens with two attached hydrogens (primary N) is 1. The van der Waals surface area contributed by atoms with Gasteiger partial charge in [-0.3, -0.25) is 4.21 Å². The summed E-state index contributed by atoms with van der Waals surface area (Å²) in [7, 11) is -0.988. The van der Waals surface area contributed by atoms with Gasteiger partial charge in [0.1, 0.15) is 0 Å². The summed E-state index contributed by atoms with van der Waals surface area (Å²) in [4.78, 5) is 0. The number of halogens is 1. The second-order valence-corrected chi connectivity index (χ2v) is 7.27. The Morgan fingerprint density at radius 2 is 1.76 bits per heavy atom. The van der Waals surface area contributed by atoms with Gasteiger partial charge in [0.2, 0.25) is 0 Å². The largest absolute Gasteiger partial charge is 0.323 e. The first-order valence-corrected chi connectivity index (χ1v) is 8.74. The molecule has 112 valence electrons. The van der Waals surface area contributed by atoms with Crippen molar-refractivity contribution in [1.82, 2.24) is 0 Å². The first-order chi connectivity index (χ1) is 9.95. The van der Waals surface area contributed by atoms with Crippen molar-refractivity contribution in [2.24, 2.45) is 5.73 Å². The van der Waals surface area contributed by atoms with Gasteiger partial charge in [0, 0.05) is 33.4 Å². The predicted octanol–water partition coefficient (Wildman–Crippen LogP) is 3.91. The monoisotopic (exact) mass is 321 g/mol. The summed E-state index contributed by atoms with van der Waals surface area (Å²) in [5, 5.41) is 0.691. The molecule has 2 atom stereocenters. The van der Waals surface area contributed by atoms with Crippen molar-refractivity contribution in [2.75, 3.05) is 5.75 Å². The second kappa shape index (κ2) is 7.21. The molecule has 0 amide bonds. The molecule has 2 aromatic carbocycles. The molecule has 2 N–H and O–H groups in total. The zero-order chi connectivity index (χ0) is 15.4. The van der Waals surface area contributed by atoms with E-state index in [0.717, 1.165) is 11.1 Å². The topological polar surface area (TPSA) is 43.1 Å². The summed E-state index contributed by atoms with van der Waals surface area (Å²) in [6, 6.07) is 13.4. The van der Waals surface area contributed by atoms with Crippen molar-refractivity contribution < 1.29 is 4.21 Å². The Labute approximate surface area is 133 Å². The average molecular weight is 322 g/mol. The number of rotatable bonds is 5. The van der Waals surface area contributed by atoms with Gasteiger partial charge >= 0.3 is 0 Å². The Balaban J connectivity index is 1.98. The summed E-state index contributed by atoms with van der Waals surface area (Å²) in [6.45, 7) is 4.14. The van der Waals surface area contributed by atoms with Crippen LogP contribution in [0.1, 0.15) is 28.3 Å². The zero-order valence-electron chi connectivity index (χ0n) is 12.3. The molecule has 0 aromatic heterocycles. The summed E-state index contributed by atoms with van der Waals surface area (Å²) in [5.41, 5.74) is 10.7. The molecule has 2 rings (SSSR count). The normalized spacial score (nSPS) is 13.9. The van der Waals surface area contributed by atoms with E-state index in [2.05, 4.69) is 26.0 Å². The van der Waals surface area contributed by atoms with Gasteiger partial charge in [-0.2, -0.15) is 0 Å². The van der Waals surface area contributed by atoms with Crippen molar-refractivity contribution in [3.05, 3.63) is 69.7 Å². The van der Waals surface area contributed by atoms with Crippen LogP contribution in [0.4, 0.5) is 0 Å². The Bertz CT molecular complexity index is 640. The molecule has 0 spiro atoms.